The Morgan fingerprint density at radius 1 is 1.08 bits per heavy atom. The summed E-state index contributed by atoms with van der Waals surface area (Å²) in [6.45, 7) is 4.85. The topological polar surface area (TPSA) is 40.0 Å². The molecule has 0 saturated carbocycles. The van der Waals surface area contributed by atoms with Gasteiger partial charge in [-0.05, 0) is 63.8 Å². The molecule has 4 nitrogen and oxygen atoms in total. The monoisotopic (exact) mass is 391 g/mol. The molecule has 2 aromatic rings. The molecule has 5 heteroatoms. The van der Waals surface area contributed by atoms with Gasteiger partial charge in [-0.3, -0.25) is 4.99 Å². The van der Waals surface area contributed by atoms with Crippen molar-refractivity contribution in [3.63, 3.8) is 0 Å². The van der Waals surface area contributed by atoms with Gasteiger partial charge in [-0.2, -0.15) is 0 Å². The van der Waals surface area contributed by atoms with Crippen LogP contribution in [0.1, 0.15) is 19.4 Å². The van der Waals surface area contributed by atoms with Crippen molar-refractivity contribution >= 4 is 27.8 Å². The van der Waals surface area contributed by atoms with Crippen LogP contribution in [-0.4, -0.2) is 27.0 Å². The van der Waals surface area contributed by atoms with Crippen LogP contribution in [0.3, 0.4) is 0 Å². The number of rotatable bonds is 7. The Balaban J connectivity index is 2.20. The van der Waals surface area contributed by atoms with Crippen molar-refractivity contribution < 1.29 is 14.2 Å². The molecule has 0 aromatic heterocycles. The van der Waals surface area contributed by atoms with Crippen LogP contribution in [0.4, 0.5) is 5.69 Å². The van der Waals surface area contributed by atoms with Crippen LogP contribution in [0.5, 0.6) is 17.2 Å². The van der Waals surface area contributed by atoms with E-state index in [4.69, 9.17) is 14.2 Å². The fraction of sp³-hybridized carbons (Fsp3) is 0.316. The maximum atomic E-state index is 5.83. The molecule has 0 aliphatic carbocycles. The van der Waals surface area contributed by atoms with Gasteiger partial charge in [0, 0.05) is 6.21 Å². The molecule has 2 rings (SSSR count). The SMILES string of the molecule is COc1ccc(N=Cc2cc(Br)c(OCC(C)C)c(OC)c2)cc1. The lowest BCUT2D eigenvalue weighted by Gasteiger charge is -2.14. The highest BCUT2D eigenvalue weighted by molar-refractivity contribution is 9.10. The summed E-state index contributed by atoms with van der Waals surface area (Å²) < 4.78 is 17.3. The van der Waals surface area contributed by atoms with Crippen molar-refractivity contribution in [2.75, 3.05) is 20.8 Å². The fourth-order valence-corrected chi connectivity index (χ4v) is 2.60. The quantitative estimate of drug-likeness (QED) is 0.604. The van der Waals surface area contributed by atoms with Crippen molar-refractivity contribution in [3.8, 4) is 17.2 Å². The number of aliphatic imine (C=N–C) groups is 1. The van der Waals surface area contributed by atoms with Crippen LogP contribution in [-0.2, 0) is 0 Å². The van der Waals surface area contributed by atoms with Gasteiger partial charge in [0.1, 0.15) is 5.75 Å². The van der Waals surface area contributed by atoms with E-state index in [9.17, 15) is 0 Å². The summed E-state index contributed by atoms with van der Waals surface area (Å²) in [5.74, 6) is 2.65. The zero-order valence-electron chi connectivity index (χ0n) is 14.4. The molecule has 0 saturated heterocycles. The Labute approximate surface area is 151 Å². The second-order valence-electron chi connectivity index (χ2n) is 5.70. The van der Waals surface area contributed by atoms with Crippen molar-refractivity contribution in [1.29, 1.82) is 0 Å². The molecular formula is C19H22BrNO3. The van der Waals surface area contributed by atoms with Gasteiger partial charge in [0.2, 0.25) is 0 Å². The van der Waals surface area contributed by atoms with E-state index in [1.807, 2.05) is 36.4 Å². The van der Waals surface area contributed by atoms with Crippen LogP contribution < -0.4 is 14.2 Å². The lowest BCUT2D eigenvalue weighted by molar-refractivity contribution is 0.255. The highest BCUT2D eigenvalue weighted by Gasteiger charge is 2.11. The lowest BCUT2D eigenvalue weighted by atomic mass is 10.2. The Kier molecular flexibility index (Phi) is 6.67. The Hall–Kier alpha value is -2.01. The Morgan fingerprint density at radius 3 is 2.38 bits per heavy atom. The highest BCUT2D eigenvalue weighted by Crippen LogP contribution is 2.36. The maximum Gasteiger partial charge on any atom is 0.175 e. The predicted octanol–water partition coefficient (Wildman–Crippen LogP) is 5.25. The molecule has 0 N–H and O–H groups in total. The lowest BCUT2D eigenvalue weighted by Crippen LogP contribution is -2.06. The van der Waals surface area contributed by atoms with Gasteiger partial charge in [0.15, 0.2) is 11.5 Å². The summed E-state index contributed by atoms with van der Waals surface area (Å²) in [6, 6.07) is 11.4. The molecule has 0 heterocycles. The zero-order chi connectivity index (χ0) is 17.5. The molecule has 0 radical (unpaired) electrons. The number of ether oxygens (including phenoxy) is 3. The van der Waals surface area contributed by atoms with E-state index in [0.29, 0.717) is 24.0 Å². The molecule has 24 heavy (non-hydrogen) atoms. The van der Waals surface area contributed by atoms with Gasteiger partial charge in [-0.25, -0.2) is 0 Å². The Bertz CT molecular complexity index is 697. The summed E-state index contributed by atoms with van der Waals surface area (Å²) in [6.07, 6.45) is 1.79. The summed E-state index contributed by atoms with van der Waals surface area (Å²) in [4.78, 5) is 4.47. The van der Waals surface area contributed by atoms with Gasteiger partial charge in [0.05, 0.1) is 31.0 Å². The van der Waals surface area contributed by atoms with Crippen molar-refractivity contribution in [2.45, 2.75) is 13.8 Å². The first-order valence-electron chi connectivity index (χ1n) is 7.72. The van der Waals surface area contributed by atoms with Crippen molar-refractivity contribution in [1.82, 2.24) is 0 Å². The predicted molar refractivity (Wildman–Crippen MR) is 101 cm³/mol. The average molecular weight is 392 g/mol. The number of methoxy groups -OCH3 is 2. The zero-order valence-corrected chi connectivity index (χ0v) is 16.0. The molecule has 0 atom stereocenters. The molecule has 0 amide bonds. The third-order valence-corrected chi connectivity index (χ3v) is 3.84. The van der Waals surface area contributed by atoms with Crippen molar-refractivity contribution in [3.05, 3.63) is 46.4 Å². The normalized spacial score (nSPS) is 11.1. The Morgan fingerprint density at radius 2 is 1.79 bits per heavy atom. The molecular weight excluding hydrogens is 370 g/mol. The second-order valence-corrected chi connectivity index (χ2v) is 6.55. The molecule has 0 unspecified atom stereocenters. The minimum Gasteiger partial charge on any atom is -0.497 e. The molecule has 0 fully saturated rings. The first-order valence-corrected chi connectivity index (χ1v) is 8.51. The van der Waals surface area contributed by atoms with Gasteiger partial charge in [-0.15, -0.1) is 0 Å². The summed E-state index contributed by atoms with van der Waals surface area (Å²) >= 11 is 3.55. The average Bonchev–Trinajstić information content (AvgIpc) is 2.58. The fourth-order valence-electron chi connectivity index (χ4n) is 2.02. The first kappa shape index (κ1) is 18.3. The summed E-state index contributed by atoms with van der Waals surface area (Å²) in [5, 5.41) is 0. The van der Waals surface area contributed by atoms with E-state index in [2.05, 4.69) is 34.8 Å². The third kappa shape index (κ3) is 4.99. The van der Waals surface area contributed by atoms with Crippen LogP contribution in [0.15, 0.2) is 45.9 Å². The number of hydrogen-bond acceptors (Lipinski definition) is 4. The largest absolute Gasteiger partial charge is 0.497 e. The molecule has 0 bridgehead atoms. The number of hydrogen-bond donors (Lipinski definition) is 0. The maximum absolute atomic E-state index is 5.83. The van der Waals surface area contributed by atoms with Crippen LogP contribution in [0.25, 0.3) is 0 Å². The van der Waals surface area contributed by atoms with E-state index < -0.39 is 0 Å². The molecule has 2 aromatic carbocycles. The number of nitrogens with zero attached hydrogens (tertiary/aromatic N) is 1. The van der Waals surface area contributed by atoms with E-state index in [-0.39, 0.29) is 0 Å². The van der Waals surface area contributed by atoms with Crippen LogP contribution in [0.2, 0.25) is 0 Å². The van der Waals surface area contributed by atoms with Gasteiger partial charge in [-0.1, -0.05) is 13.8 Å². The van der Waals surface area contributed by atoms with Crippen molar-refractivity contribution in [2.24, 2.45) is 10.9 Å². The van der Waals surface area contributed by atoms with Gasteiger partial charge < -0.3 is 14.2 Å². The van der Waals surface area contributed by atoms with Gasteiger partial charge >= 0.3 is 0 Å². The van der Waals surface area contributed by atoms with Crippen LogP contribution in [0, 0.1) is 5.92 Å². The van der Waals surface area contributed by atoms with E-state index in [1.165, 1.54) is 0 Å². The van der Waals surface area contributed by atoms with E-state index in [0.717, 1.165) is 21.5 Å². The van der Waals surface area contributed by atoms with Gasteiger partial charge in [0.25, 0.3) is 0 Å². The molecule has 0 aliphatic rings. The van der Waals surface area contributed by atoms with E-state index in [1.54, 1.807) is 20.4 Å². The number of benzene rings is 2. The second kappa shape index (κ2) is 8.73. The third-order valence-electron chi connectivity index (χ3n) is 3.25. The minimum absolute atomic E-state index is 0.443. The summed E-state index contributed by atoms with van der Waals surface area (Å²) in [5.41, 5.74) is 1.78. The first-order chi connectivity index (χ1) is 11.5. The van der Waals surface area contributed by atoms with Crippen LogP contribution >= 0.6 is 15.9 Å². The molecule has 128 valence electrons. The van der Waals surface area contributed by atoms with E-state index >= 15 is 0 Å². The smallest absolute Gasteiger partial charge is 0.175 e. The summed E-state index contributed by atoms with van der Waals surface area (Å²) in [7, 11) is 3.28. The number of halogens is 1. The standard InChI is InChI=1S/C19H22BrNO3/c1-13(2)12-24-19-17(20)9-14(10-18(19)23-4)11-21-15-5-7-16(22-3)8-6-15/h5-11,13H,12H2,1-4H3. The highest BCUT2D eigenvalue weighted by atomic mass is 79.9. The molecule has 0 spiro atoms. The minimum atomic E-state index is 0.443. The molecule has 0 aliphatic heterocycles.